The van der Waals surface area contributed by atoms with E-state index >= 15 is 0 Å². The lowest BCUT2D eigenvalue weighted by Crippen LogP contribution is -2.52. The third kappa shape index (κ3) is 4.32. The van der Waals surface area contributed by atoms with Crippen LogP contribution in [-0.4, -0.2) is 72.2 Å². The highest BCUT2D eigenvalue weighted by atomic mass is 19.1. The van der Waals surface area contributed by atoms with Gasteiger partial charge in [0.25, 0.3) is 11.8 Å². The van der Waals surface area contributed by atoms with Crippen molar-refractivity contribution in [1.82, 2.24) is 9.80 Å². The number of rotatable bonds is 3. The molecule has 0 N–H and O–H groups in total. The molecule has 0 spiro atoms. The molecule has 7 nitrogen and oxygen atoms in total. The Morgan fingerprint density at radius 2 is 1.89 bits per heavy atom. The van der Waals surface area contributed by atoms with Crippen LogP contribution >= 0.6 is 0 Å². The molecule has 0 aliphatic carbocycles. The Morgan fingerprint density at radius 1 is 1.19 bits per heavy atom. The van der Waals surface area contributed by atoms with Crippen molar-refractivity contribution in [1.29, 1.82) is 0 Å². The molecule has 1 aromatic rings. The lowest BCUT2D eigenvalue weighted by atomic mass is 10.1. The van der Waals surface area contributed by atoms with E-state index in [1.54, 1.807) is 9.80 Å². The minimum atomic E-state index is -1.75. The van der Waals surface area contributed by atoms with Crippen LogP contribution in [0.5, 0.6) is 5.75 Å². The van der Waals surface area contributed by atoms with Gasteiger partial charge in [-0.2, -0.15) is 4.99 Å². The number of carbonyl (C=O) groups excluding carboxylic acids is 2. The second-order valence-electron chi connectivity index (χ2n) is 6.79. The molecule has 0 radical (unpaired) electrons. The van der Waals surface area contributed by atoms with E-state index in [4.69, 9.17) is 4.74 Å². The fourth-order valence-corrected chi connectivity index (χ4v) is 2.96. The summed E-state index contributed by atoms with van der Waals surface area (Å²) in [7, 11) is 0. The molecule has 2 amide bonds. The zero-order chi connectivity index (χ0) is 19.6. The molecule has 1 saturated heterocycles. The second-order valence-corrected chi connectivity index (χ2v) is 6.79. The van der Waals surface area contributed by atoms with Crippen LogP contribution in [0.25, 0.3) is 0 Å². The molecule has 0 aromatic heterocycles. The van der Waals surface area contributed by atoms with Crippen molar-refractivity contribution in [3.05, 3.63) is 29.3 Å². The zero-order valence-corrected chi connectivity index (χ0v) is 15.7. The molecule has 1 unspecified atom stereocenters. The number of guanidine groups is 1. The smallest absolute Gasteiger partial charge is 0.289 e. The number of ether oxygens (including phenoxy) is 1. The number of benzene rings is 1. The van der Waals surface area contributed by atoms with Crippen LogP contribution in [0.3, 0.4) is 0 Å². The van der Waals surface area contributed by atoms with Gasteiger partial charge in [-0.25, -0.2) is 9.38 Å². The zero-order valence-electron chi connectivity index (χ0n) is 15.7. The fourth-order valence-electron chi connectivity index (χ4n) is 2.96. The minimum absolute atomic E-state index is 0.0233. The first kappa shape index (κ1) is 19.0. The molecule has 2 aliphatic heterocycles. The van der Waals surface area contributed by atoms with Crippen molar-refractivity contribution in [3.63, 3.8) is 0 Å². The molecule has 0 saturated carbocycles. The maximum Gasteiger partial charge on any atom is 0.289 e. The van der Waals surface area contributed by atoms with Gasteiger partial charge in [0, 0.05) is 26.2 Å². The fraction of sp³-hybridized carbons (Fsp3) is 0.474. The van der Waals surface area contributed by atoms with Gasteiger partial charge in [0.05, 0.1) is 5.71 Å². The van der Waals surface area contributed by atoms with Gasteiger partial charge in [0.15, 0.2) is 6.61 Å². The van der Waals surface area contributed by atoms with Gasteiger partial charge >= 0.3 is 0 Å². The largest absolute Gasteiger partial charge is 0.483 e. The molecule has 144 valence electrons. The summed E-state index contributed by atoms with van der Waals surface area (Å²) >= 11 is 0. The standard InChI is InChI=1S/C19H23FN4O3/c1-12-4-5-13(2)15(10-12)27-11-16(25)23-6-8-24(9-7-23)19-21-14(3)17(20)18(26)22-19/h4-5,10,17H,6-9,11H2,1-3H3. The number of hydrogen-bond acceptors (Lipinski definition) is 5. The summed E-state index contributed by atoms with van der Waals surface area (Å²) in [5.41, 5.74) is 2.17. The van der Waals surface area contributed by atoms with Crippen LogP contribution in [0.2, 0.25) is 0 Å². The van der Waals surface area contributed by atoms with Crippen molar-refractivity contribution in [2.24, 2.45) is 9.98 Å². The number of piperazine rings is 1. The number of nitrogens with zero attached hydrogens (tertiary/aromatic N) is 4. The lowest BCUT2D eigenvalue weighted by Gasteiger charge is -2.35. The predicted octanol–water partition coefficient (Wildman–Crippen LogP) is 1.52. The van der Waals surface area contributed by atoms with Gasteiger partial charge in [0.1, 0.15) is 5.75 Å². The molecule has 1 atom stereocenters. The third-order valence-electron chi connectivity index (χ3n) is 4.68. The number of aliphatic imine (C=N–C) groups is 2. The van der Waals surface area contributed by atoms with E-state index < -0.39 is 12.1 Å². The van der Waals surface area contributed by atoms with Crippen molar-refractivity contribution in [2.75, 3.05) is 32.8 Å². The Bertz CT molecular complexity index is 813. The Hall–Kier alpha value is -2.77. The molecule has 2 aliphatic rings. The second kappa shape index (κ2) is 7.85. The molecular formula is C19H23FN4O3. The highest BCUT2D eigenvalue weighted by Crippen LogP contribution is 2.19. The molecule has 1 aromatic carbocycles. The SMILES string of the molecule is CC1=NC(N2CCN(C(=O)COc3cc(C)ccc3C)CC2)=NC(=O)C1F. The van der Waals surface area contributed by atoms with E-state index in [1.807, 2.05) is 32.0 Å². The Balaban J connectivity index is 1.53. The number of alkyl halides is 1. The van der Waals surface area contributed by atoms with Crippen LogP contribution < -0.4 is 4.74 Å². The molecule has 1 fully saturated rings. The maximum absolute atomic E-state index is 13.5. The van der Waals surface area contributed by atoms with Crippen LogP contribution in [0.4, 0.5) is 4.39 Å². The van der Waals surface area contributed by atoms with Crippen molar-refractivity contribution in [3.8, 4) is 5.75 Å². The predicted molar refractivity (Wildman–Crippen MR) is 100 cm³/mol. The third-order valence-corrected chi connectivity index (χ3v) is 4.68. The van der Waals surface area contributed by atoms with Gasteiger partial charge in [-0.1, -0.05) is 12.1 Å². The molecule has 0 bridgehead atoms. The lowest BCUT2D eigenvalue weighted by molar-refractivity contribution is -0.134. The Labute approximate surface area is 157 Å². The summed E-state index contributed by atoms with van der Waals surface area (Å²) in [6.07, 6.45) is -1.75. The van der Waals surface area contributed by atoms with Crippen molar-refractivity contribution >= 4 is 23.5 Å². The molecular weight excluding hydrogens is 351 g/mol. The summed E-state index contributed by atoms with van der Waals surface area (Å²) in [5.74, 6) is 0.0198. The van der Waals surface area contributed by atoms with Crippen molar-refractivity contribution < 1.29 is 18.7 Å². The summed E-state index contributed by atoms with van der Waals surface area (Å²) in [6.45, 7) is 7.26. The van der Waals surface area contributed by atoms with E-state index in [9.17, 15) is 14.0 Å². The molecule has 27 heavy (non-hydrogen) atoms. The maximum atomic E-state index is 13.5. The number of hydrogen-bond donors (Lipinski definition) is 0. The van der Waals surface area contributed by atoms with Gasteiger partial charge < -0.3 is 14.5 Å². The molecule has 2 heterocycles. The van der Waals surface area contributed by atoms with Gasteiger partial charge in [-0.05, 0) is 38.0 Å². The number of aryl methyl sites for hydroxylation is 2. The van der Waals surface area contributed by atoms with Gasteiger partial charge in [0.2, 0.25) is 12.1 Å². The normalized spacial score (nSPS) is 20.3. The van der Waals surface area contributed by atoms with E-state index in [-0.39, 0.29) is 24.2 Å². The first-order valence-electron chi connectivity index (χ1n) is 8.89. The Kier molecular flexibility index (Phi) is 5.53. The summed E-state index contributed by atoms with van der Waals surface area (Å²) < 4.78 is 19.2. The average Bonchev–Trinajstić information content (AvgIpc) is 2.66. The average molecular weight is 374 g/mol. The van der Waals surface area contributed by atoms with E-state index in [1.165, 1.54) is 6.92 Å². The Morgan fingerprint density at radius 3 is 2.56 bits per heavy atom. The summed E-state index contributed by atoms with van der Waals surface area (Å²) in [5, 5.41) is 0. The monoisotopic (exact) mass is 374 g/mol. The molecule has 3 rings (SSSR count). The van der Waals surface area contributed by atoms with Crippen LogP contribution in [0, 0.1) is 13.8 Å². The van der Waals surface area contributed by atoms with Crippen LogP contribution in [0.15, 0.2) is 28.2 Å². The van der Waals surface area contributed by atoms with E-state index in [0.717, 1.165) is 11.1 Å². The van der Waals surface area contributed by atoms with E-state index in [2.05, 4.69) is 9.98 Å². The number of halogens is 1. The minimum Gasteiger partial charge on any atom is -0.483 e. The highest BCUT2D eigenvalue weighted by molar-refractivity contribution is 6.16. The van der Waals surface area contributed by atoms with Crippen LogP contribution in [-0.2, 0) is 9.59 Å². The number of amides is 2. The molecule has 8 heteroatoms. The highest BCUT2D eigenvalue weighted by Gasteiger charge is 2.30. The first-order valence-corrected chi connectivity index (χ1v) is 8.89. The number of carbonyl (C=O) groups is 2. The first-order chi connectivity index (χ1) is 12.8. The quantitative estimate of drug-likeness (QED) is 0.804. The van der Waals surface area contributed by atoms with Gasteiger partial charge in [-0.3, -0.25) is 9.59 Å². The summed E-state index contributed by atoms with van der Waals surface area (Å²) in [6, 6.07) is 5.87. The van der Waals surface area contributed by atoms with E-state index in [0.29, 0.717) is 31.9 Å². The van der Waals surface area contributed by atoms with Crippen molar-refractivity contribution in [2.45, 2.75) is 26.9 Å². The van der Waals surface area contributed by atoms with Crippen LogP contribution in [0.1, 0.15) is 18.1 Å². The summed E-state index contributed by atoms with van der Waals surface area (Å²) in [4.78, 5) is 35.3. The van der Waals surface area contributed by atoms with Gasteiger partial charge in [-0.15, -0.1) is 0 Å². The topological polar surface area (TPSA) is 74.6 Å².